The number of ether oxygens (including phenoxy) is 1. The number of carbonyl (C=O) groups is 1. The van der Waals surface area contributed by atoms with Gasteiger partial charge in [-0.15, -0.1) is 0 Å². The van der Waals surface area contributed by atoms with E-state index in [0.717, 1.165) is 6.07 Å². The maximum Gasteiger partial charge on any atom is 0.262 e. The second-order valence-electron chi connectivity index (χ2n) is 4.85. The van der Waals surface area contributed by atoms with Crippen LogP contribution in [0.2, 0.25) is 0 Å². The van der Waals surface area contributed by atoms with Crippen LogP contribution in [0.5, 0.6) is 5.75 Å². The molecule has 7 nitrogen and oxygen atoms in total. The molecule has 2 rings (SSSR count). The summed E-state index contributed by atoms with van der Waals surface area (Å²) < 4.78 is 42.3. The highest BCUT2D eigenvalue weighted by molar-refractivity contribution is 7.89. The highest BCUT2D eigenvalue weighted by atomic mass is 32.2. The average molecular weight is 368 g/mol. The number of hydrogen-bond donors (Lipinski definition) is 2. The van der Waals surface area contributed by atoms with Crippen molar-refractivity contribution in [2.75, 3.05) is 19.0 Å². The van der Waals surface area contributed by atoms with Crippen LogP contribution < -0.4 is 14.9 Å². The number of rotatable bonds is 7. The van der Waals surface area contributed by atoms with E-state index in [1.54, 1.807) is 6.92 Å². The van der Waals surface area contributed by atoms with E-state index in [4.69, 9.17) is 4.74 Å². The van der Waals surface area contributed by atoms with E-state index in [1.165, 1.54) is 43.5 Å². The molecule has 0 fully saturated rings. The number of benzene rings is 2. The van der Waals surface area contributed by atoms with Gasteiger partial charge >= 0.3 is 0 Å². The molecule has 9 heteroatoms. The van der Waals surface area contributed by atoms with Crippen LogP contribution in [0.3, 0.4) is 0 Å². The minimum absolute atomic E-state index is 0.0574. The Balaban J connectivity index is 2.12. The molecule has 0 heterocycles. The Bertz CT molecular complexity index is 853. The van der Waals surface area contributed by atoms with Gasteiger partial charge in [0.05, 0.1) is 18.6 Å². The molecule has 0 aliphatic heterocycles. The van der Waals surface area contributed by atoms with Gasteiger partial charge in [0.2, 0.25) is 0 Å². The van der Waals surface area contributed by atoms with Crippen molar-refractivity contribution in [1.29, 1.82) is 0 Å². The standard InChI is InChI=1S/C16H17FN2O5S/c1-3-24-15-9-6-12(10-14(15)17)18-16(20)11-4-7-13(8-5-11)25(21,22)19-23-2/h4-10,19H,3H2,1-2H3,(H,18,20). The third kappa shape index (κ3) is 4.75. The van der Waals surface area contributed by atoms with E-state index in [-0.39, 0.29) is 21.9 Å². The molecule has 0 saturated heterocycles. The minimum Gasteiger partial charge on any atom is -0.491 e. The first kappa shape index (κ1) is 18.8. The molecule has 25 heavy (non-hydrogen) atoms. The quantitative estimate of drug-likeness (QED) is 0.732. The minimum atomic E-state index is -3.79. The molecule has 0 aromatic heterocycles. The number of halogens is 1. The fourth-order valence-electron chi connectivity index (χ4n) is 2.00. The Morgan fingerprint density at radius 3 is 2.40 bits per heavy atom. The maximum atomic E-state index is 13.8. The van der Waals surface area contributed by atoms with Crippen LogP contribution >= 0.6 is 0 Å². The molecule has 0 radical (unpaired) electrons. The number of anilines is 1. The predicted octanol–water partition coefficient (Wildman–Crippen LogP) is 2.32. The molecular formula is C16H17FN2O5S. The van der Waals surface area contributed by atoms with E-state index in [2.05, 4.69) is 10.2 Å². The average Bonchev–Trinajstić information content (AvgIpc) is 2.57. The summed E-state index contributed by atoms with van der Waals surface area (Å²) in [5, 5.41) is 2.53. The van der Waals surface area contributed by atoms with Gasteiger partial charge in [-0.1, -0.05) is 4.89 Å². The Kier molecular flexibility index (Phi) is 6.07. The van der Waals surface area contributed by atoms with E-state index >= 15 is 0 Å². The third-order valence-electron chi connectivity index (χ3n) is 3.11. The lowest BCUT2D eigenvalue weighted by Gasteiger charge is -2.09. The van der Waals surface area contributed by atoms with E-state index in [1.807, 2.05) is 4.89 Å². The van der Waals surface area contributed by atoms with Crippen LogP contribution in [0.25, 0.3) is 0 Å². The Morgan fingerprint density at radius 1 is 1.16 bits per heavy atom. The van der Waals surface area contributed by atoms with E-state index < -0.39 is 21.7 Å². The highest BCUT2D eigenvalue weighted by Gasteiger charge is 2.15. The van der Waals surface area contributed by atoms with Gasteiger partial charge in [-0.2, -0.15) is 0 Å². The smallest absolute Gasteiger partial charge is 0.262 e. The van der Waals surface area contributed by atoms with Crippen molar-refractivity contribution in [3.63, 3.8) is 0 Å². The van der Waals surface area contributed by atoms with Gasteiger partial charge in [0.15, 0.2) is 11.6 Å². The molecule has 2 aromatic carbocycles. The van der Waals surface area contributed by atoms with Gasteiger partial charge in [0.1, 0.15) is 0 Å². The molecular weight excluding hydrogens is 351 g/mol. The van der Waals surface area contributed by atoms with Crippen molar-refractivity contribution in [1.82, 2.24) is 4.89 Å². The Labute approximate surface area is 144 Å². The van der Waals surface area contributed by atoms with Crippen molar-refractivity contribution in [3.05, 3.63) is 53.8 Å². The highest BCUT2D eigenvalue weighted by Crippen LogP contribution is 2.21. The second-order valence-corrected chi connectivity index (χ2v) is 6.49. The monoisotopic (exact) mass is 368 g/mol. The molecule has 134 valence electrons. The molecule has 0 saturated carbocycles. The van der Waals surface area contributed by atoms with Gasteiger partial charge in [0.25, 0.3) is 15.9 Å². The SMILES string of the molecule is CCOc1ccc(NC(=O)c2ccc(S(=O)(=O)NOC)cc2)cc1F. The maximum absolute atomic E-state index is 13.8. The van der Waals surface area contributed by atoms with E-state index in [9.17, 15) is 17.6 Å². The fraction of sp³-hybridized carbons (Fsp3) is 0.188. The first-order valence-electron chi connectivity index (χ1n) is 7.26. The van der Waals surface area contributed by atoms with Crippen LogP contribution in [-0.2, 0) is 14.9 Å². The van der Waals surface area contributed by atoms with Crippen molar-refractivity contribution in [3.8, 4) is 5.75 Å². The van der Waals surface area contributed by atoms with Crippen molar-refractivity contribution in [2.24, 2.45) is 0 Å². The molecule has 0 aliphatic carbocycles. The summed E-state index contributed by atoms with van der Waals surface area (Å²) >= 11 is 0. The summed E-state index contributed by atoms with van der Waals surface area (Å²) in [6.45, 7) is 2.07. The third-order valence-corrected chi connectivity index (χ3v) is 4.39. The Hall–Kier alpha value is -2.49. The lowest BCUT2D eigenvalue weighted by molar-refractivity contribution is 0.102. The van der Waals surface area contributed by atoms with Crippen molar-refractivity contribution >= 4 is 21.6 Å². The molecule has 1 amide bonds. The van der Waals surface area contributed by atoms with Crippen LogP contribution in [0.1, 0.15) is 17.3 Å². The zero-order valence-electron chi connectivity index (χ0n) is 13.6. The largest absolute Gasteiger partial charge is 0.491 e. The van der Waals surface area contributed by atoms with Crippen molar-refractivity contribution < 1.29 is 27.2 Å². The summed E-state index contributed by atoms with van der Waals surface area (Å²) in [5.74, 6) is -1.00. The van der Waals surface area contributed by atoms with E-state index in [0.29, 0.717) is 6.61 Å². The number of sulfonamides is 1. The molecule has 0 atom stereocenters. The molecule has 0 spiro atoms. The summed E-state index contributed by atoms with van der Waals surface area (Å²) in [5.41, 5.74) is 0.467. The van der Waals surface area contributed by atoms with Crippen LogP contribution in [0, 0.1) is 5.82 Å². The summed E-state index contributed by atoms with van der Waals surface area (Å²) in [6, 6.07) is 9.26. The fourth-order valence-corrected chi connectivity index (χ4v) is 2.81. The second kappa shape index (κ2) is 8.06. The predicted molar refractivity (Wildman–Crippen MR) is 89.3 cm³/mol. The lowest BCUT2D eigenvalue weighted by atomic mass is 10.2. The van der Waals surface area contributed by atoms with Gasteiger partial charge in [-0.05, 0) is 43.3 Å². The normalized spacial score (nSPS) is 11.2. The molecule has 0 unspecified atom stereocenters. The topological polar surface area (TPSA) is 93.7 Å². The van der Waals surface area contributed by atoms with Crippen molar-refractivity contribution in [2.45, 2.75) is 11.8 Å². The molecule has 2 aromatic rings. The lowest BCUT2D eigenvalue weighted by Crippen LogP contribution is -2.22. The van der Waals surface area contributed by atoms with Gasteiger partial charge in [0, 0.05) is 17.3 Å². The zero-order chi connectivity index (χ0) is 18.4. The number of amides is 1. The number of nitrogens with one attached hydrogen (secondary N) is 2. The summed E-state index contributed by atoms with van der Waals surface area (Å²) in [7, 11) is -2.62. The van der Waals surface area contributed by atoms with Crippen LogP contribution in [0.15, 0.2) is 47.4 Å². The first-order valence-corrected chi connectivity index (χ1v) is 8.74. The molecule has 0 bridgehead atoms. The summed E-state index contributed by atoms with van der Waals surface area (Å²) in [4.78, 5) is 18.4. The summed E-state index contributed by atoms with van der Waals surface area (Å²) in [6.07, 6.45) is 0. The Morgan fingerprint density at radius 2 is 1.84 bits per heavy atom. The van der Waals surface area contributed by atoms with Crippen LogP contribution in [0.4, 0.5) is 10.1 Å². The van der Waals surface area contributed by atoms with Gasteiger partial charge in [-0.25, -0.2) is 12.8 Å². The number of carbonyl (C=O) groups excluding carboxylic acids is 1. The van der Waals surface area contributed by atoms with Gasteiger partial charge < -0.3 is 10.1 Å². The molecule has 0 aliphatic rings. The zero-order valence-corrected chi connectivity index (χ0v) is 14.4. The first-order chi connectivity index (χ1) is 11.9. The van der Waals surface area contributed by atoms with Gasteiger partial charge in [-0.3, -0.25) is 9.63 Å². The molecule has 2 N–H and O–H groups in total. The number of hydrogen-bond acceptors (Lipinski definition) is 5. The van der Waals surface area contributed by atoms with Crippen LogP contribution in [-0.4, -0.2) is 28.0 Å².